The van der Waals surface area contributed by atoms with Crippen LogP contribution in [0.5, 0.6) is 5.75 Å². The van der Waals surface area contributed by atoms with Crippen LogP contribution in [-0.2, 0) is 4.79 Å². The van der Waals surface area contributed by atoms with Crippen LogP contribution in [0.1, 0.15) is 5.56 Å². The molecule has 0 aliphatic carbocycles. The zero-order valence-corrected chi connectivity index (χ0v) is 12.8. The number of halogens is 1. The van der Waals surface area contributed by atoms with Gasteiger partial charge in [-0.1, -0.05) is 42.2 Å². The third-order valence-corrected chi connectivity index (χ3v) is 4.35. The summed E-state index contributed by atoms with van der Waals surface area (Å²) in [5, 5.41) is 9.27. The number of carbonyl (C=O) groups excluding carboxylic acids is 1. The Hall–Kier alpha value is -2.18. The first-order valence-electron chi connectivity index (χ1n) is 6.37. The van der Waals surface area contributed by atoms with Crippen LogP contribution in [-0.4, -0.2) is 15.3 Å². The molecule has 3 nitrogen and oxygen atoms in total. The Morgan fingerprint density at radius 3 is 2.59 bits per heavy atom. The lowest BCUT2D eigenvalue weighted by Crippen LogP contribution is -2.27. The van der Waals surface area contributed by atoms with E-state index in [9.17, 15) is 14.3 Å². The molecular weight excluding hydrogens is 321 g/mol. The normalized spacial score (nSPS) is 16.6. The smallest absolute Gasteiger partial charge is 0.270 e. The topological polar surface area (TPSA) is 40.5 Å². The Morgan fingerprint density at radius 2 is 1.91 bits per heavy atom. The molecular formula is C16H10FNO2S2. The fourth-order valence-electron chi connectivity index (χ4n) is 2.03. The minimum Gasteiger partial charge on any atom is -0.508 e. The average Bonchev–Trinajstić information content (AvgIpc) is 2.76. The highest BCUT2D eigenvalue weighted by Gasteiger charge is 2.33. The number of thioether (sulfide) groups is 1. The summed E-state index contributed by atoms with van der Waals surface area (Å²) >= 11 is 6.39. The lowest BCUT2D eigenvalue weighted by Gasteiger charge is -2.14. The number of nitrogens with zero attached hydrogens (tertiary/aromatic N) is 1. The second kappa shape index (κ2) is 5.90. The van der Waals surface area contributed by atoms with Gasteiger partial charge in [0.2, 0.25) is 0 Å². The predicted molar refractivity (Wildman–Crippen MR) is 90.2 cm³/mol. The standard InChI is InChI=1S/C16H10FNO2S2/c17-11-2-1-3-12(9-11)18-15(20)14(22-16(18)21)8-10-4-6-13(19)7-5-10/h1-9,19H/b14-8-. The number of thiocarbonyl (C=S) groups is 1. The van der Waals surface area contributed by atoms with Gasteiger partial charge in [0, 0.05) is 0 Å². The van der Waals surface area contributed by atoms with Crippen molar-refractivity contribution >= 4 is 46.0 Å². The van der Waals surface area contributed by atoms with E-state index >= 15 is 0 Å². The fourth-order valence-corrected chi connectivity index (χ4v) is 3.33. The molecule has 1 aliphatic heterocycles. The van der Waals surface area contributed by atoms with Gasteiger partial charge in [-0.3, -0.25) is 9.69 Å². The minimum absolute atomic E-state index is 0.157. The maximum absolute atomic E-state index is 13.3. The summed E-state index contributed by atoms with van der Waals surface area (Å²) in [5.41, 5.74) is 1.19. The Labute approximate surface area is 136 Å². The van der Waals surface area contributed by atoms with Crippen LogP contribution in [0.3, 0.4) is 0 Å². The van der Waals surface area contributed by atoms with E-state index < -0.39 is 5.82 Å². The molecule has 1 fully saturated rings. The predicted octanol–water partition coefficient (Wildman–Crippen LogP) is 3.94. The van der Waals surface area contributed by atoms with Crippen LogP contribution >= 0.6 is 24.0 Å². The van der Waals surface area contributed by atoms with Gasteiger partial charge in [-0.2, -0.15) is 0 Å². The van der Waals surface area contributed by atoms with E-state index in [2.05, 4.69) is 0 Å². The van der Waals surface area contributed by atoms with Gasteiger partial charge in [0.1, 0.15) is 11.6 Å². The van der Waals surface area contributed by atoms with Crippen molar-refractivity contribution in [2.75, 3.05) is 4.90 Å². The van der Waals surface area contributed by atoms with Crippen molar-refractivity contribution in [1.29, 1.82) is 0 Å². The molecule has 1 N–H and O–H groups in total. The van der Waals surface area contributed by atoms with Crippen LogP contribution in [0.25, 0.3) is 6.08 Å². The fraction of sp³-hybridized carbons (Fsp3) is 0. The number of hydrogen-bond acceptors (Lipinski definition) is 4. The molecule has 3 rings (SSSR count). The Balaban J connectivity index is 1.93. The van der Waals surface area contributed by atoms with Gasteiger partial charge in [0.25, 0.3) is 5.91 Å². The molecule has 110 valence electrons. The summed E-state index contributed by atoms with van der Waals surface area (Å²) in [6, 6.07) is 12.2. The second-order valence-corrected chi connectivity index (χ2v) is 6.26. The van der Waals surface area contributed by atoms with Crippen molar-refractivity contribution in [3.8, 4) is 5.75 Å². The van der Waals surface area contributed by atoms with Crippen LogP contribution < -0.4 is 4.90 Å². The number of hydrogen-bond donors (Lipinski definition) is 1. The van der Waals surface area contributed by atoms with Crippen molar-refractivity contribution in [2.24, 2.45) is 0 Å². The van der Waals surface area contributed by atoms with E-state index in [0.717, 1.165) is 5.56 Å². The zero-order chi connectivity index (χ0) is 15.7. The molecule has 1 heterocycles. The molecule has 0 aromatic heterocycles. The number of anilines is 1. The Morgan fingerprint density at radius 1 is 1.18 bits per heavy atom. The SMILES string of the molecule is O=C1/C(=C/c2ccc(O)cc2)SC(=S)N1c1cccc(F)c1. The molecule has 1 aliphatic rings. The van der Waals surface area contributed by atoms with Gasteiger partial charge in [-0.15, -0.1) is 0 Å². The molecule has 1 amide bonds. The summed E-state index contributed by atoms with van der Waals surface area (Å²) in [6.07, 6.45) is 1.69. The van der Waals surface area contributed by atoms with Crippen LogP contribution in [0, 0.1) is 5.82 Å². The van der Waals surface area contributed by atoms with E-state index in [1.165, 1.54) is 34.9 Å². The van der Waals surface area contributed by atoms with Crippen molar-refractivity contribution in [3.63, 3.8) is 0 Å². The van der Waals surface area contributed by atoms with E-state index in [1.54, 1.807) is 36.4 Å². The lowest BCUT2D eigenvalue weighted by molar-refractivity contribution is -0.113. The molecule has 2 aromatic rings. The quantitative estimate of drug-likeness (QED) is 0.668. The van der Waals surface area contributed by atoms with Crippen LogP contribution in [0.4, 0.5) is 10.1 Å². The second-order valence-electron chi connectivity index (χ2n) is 4.59. The number of amides is 1. The third kappa shape index (κ3) is 2.88. The monoisotopic (exact) mass is 331 g/mol. The van der Waals surface area contributed by atoms with Crippen molar-refractivity contribution in [3.05, 3.63) is 64.8 Å². The Kier molecular flexibility index (Phi) is 3.96. The molecule has 1 saturated heterocycles. The van der Waals surface area contributed by atoms with Gasteiger partial charge in [-0.25, -0.2) is 4.39 Å². The van der Waals surface area contributed by atoms with Gasteiger partial charge >= 0.3 is 0 Å². The first-order chi connectivity index (χ1) is 10.5. The van der Waals surface area contributed by atoms with Gasteiger partial charge in [0.05, 0.1) is 10.6 Å². The summed E-state index contributed by atoms with van der Waals surface area (Å²) < 4.78 is 13.7. The molecule has 0 unspecified atom stereocenters. The summed E-state index contributed by atoms with van der Waals surface area (Å²) in [7, 11) is 0. The zero-order valence-electron chi connectivity index (χ0n) is 11.2. The van der Waals surface area contributed by atoms with Crippen molar-refractivity contribution in [1.82, 2.24) is 0 Å². The first-order valence-corrected chi connectivity index (χ1v) is 7.59. The molecule has 0 bridgehead atoms. The third-order valence-electron chi connectivity index (χ3n) is 3.05. The highest BCUT2D eigenvalue weighted by Crippen LogP contribution is 2.36. The van der Waals surface area contributed by atoms with E-state index in [-0.39, 0.29) is 11.7 Å². The molecule has 0 spiro atoms. The number of benzene rings is 2. The molecule has 0 radical (unpaired) electrons. The Bertz CT molecular complexity index is 787. The summed E-state index contributed by atoms with van der Waals surface area (Å²) in [5.74, 6) is -0.549. The van der Waals surface area contributed by atoms with E-state index in [4.69, 9.17) is 12.2 Å². The highest BCUT2D eigenvalue weighted by molar-refractivity contribution is 8.27. The average molecular weight is 331 g/mol. The highest BCUT2D eigenvalue weighted by atomic mass is 32.2. The van der Waals surface area contributed by atoms with Crippen LogP contribution in [0.2, 0.25) is 0 Å². The number of phenols is 1. The lowest BCUT2D eigenvalue weighted by atomic mass is 10.2. The molecule has 0 saturated carbocycles. The van der Waals surface area contributed by atoms with E-state index in [0.29, 0.717) is 14.9 Å². The van der Waals surface area contributed by atoms with Crippen molar-refractivity contribution < 1.29 is 14.3 Å². The molecule has 2 aromatic carbocycles. The van der Waals surface area contributed by atoms with E-state index in [1.807, 2.05) is 0 Å². The molecule has 22 heavy (non-hydrogen) atoms. The largest absolute Gasteiger partial charge is 0.508 e. The summed E-state index contributed by atoms with van der Waals surface area (Å²) in [4.78, 5) is 14.2. The summed E-state index contributed by atoms with van der Waals surface area (Å²) in [6.45, 7) is 0. The molecule has 6 heteroatoms. The molecule has 0 atom stereocenters. The van der Waals surface area contributed by atoms with Gasteiger partial charge < -0.3 is 5.11 Å². The maximum Gasteiger partial charge on any atom is 0.270 e. The number of carbonyl (C=O) groups is 1. The van der Waals surface area contributed by atoms with Crippen LogP contribution in [0.15, 0.2) is 53.4 Å². The maximum atomic E-state index is 13.3. The van der Waals surface area contributed by atoms with Gasteiger partial charge in [-0.05, 0) is 42.0 Å². The number of phenolic OH excluding ortho intramolecular Hbond substituents is 1. The number of aromatic hydroxyl groups is 1. The minimum atomic E-state index is -0.422. The number of rotatable bonds is 2. The van der Waals surface area contributed by atoms with Gasteiger partial charge in [0.15, 0.2) is 4.32 Å². The van der Waals surface area contributed by atoms with Crippen molar-refractivity contribution in [2.45, 2.75) is 0 Å². The first kappa shape index (κ1) is 14.7.